The Balaban J connectivity index is 2.98. The Hall–Kier alpha value is -0.870. The zero-order valence-electron chi connectivity index (χ0n) is 9.37. The molecule has 1 atom stereocenters. The van der Waals surface area contributed by atoms with Gasteiger partial charge in [0.05, 0.1) is 12.7 Å². The summed E-state index contributed by atoms with van der Waals surface area (Å²) in [6.07, 6.45) is -0.701. The third-order valence-corrected chi connectivity index (χ3v) is 2.60. The van der Waals surface area contributed by atoms with Gasteiger partial charge in [-0.15, -0.1) is 0 Å². The average molecular weight is 287 g/mol. The minimum absolute atomic E-state index is 0.0464. The molecule has 16 heavy (non-hydrogen) atoms. The van der Waals surface area contributed by atoms with E-state index < -0.39 is 6.10 Å². The number of carbonyl (C=O) groups excluding carboxylic acids is 1. The highest BCUT2D eigenvalue weighted by atomic mass is 79.9. The molecule has 0 aliphatic rings. The Bertz CT molecular complexity index is 377. The van der Waals surface area contributed by atoms with Gasteiger partial charge in [-0.2, -0.15) is 0 Å². The van der Waals surface area contributed by atoms with Crippen LogP contribution < -0.4 is 4.74 Å². The third-order valence-electron chi connectivity index (χ3n) is 2.11. The first-order chi connectivity index (χ1) is 7.54. The van der Waals surface area contributed by atoms with Crippen LogP contribution in [0.15, 0.2) is 22.7 Å². The third kappa shape index (κ3) is 3.61. The van der Waals surface area contributed by atoms with Crippen molar-refractivity contribution in [1.29, 1.82) is 0 Å². The Morgan fingerprint density at radius 3 is 2.81 bits per heavy atom. The number of aliphatic hydroxyl groups excluding tert-OH is 1. The lowest BCUT2D eigenvalue weighted by Crippen LogP contribution is -2.06. The van der Waals surface area contributed by atoms with Gasteiger partial charge in [0.1, 0.15) is 11.5 Å². The van der Waals surface area contributed by atoms with Crippen LogP contribution in [0.2, 0.25) is 0 Å². The molecule has 0 aliphatic carbocycles. The van der Waals surface area contributed by atoms with Crippen molar-refractivity contribution in [2.45, 2.75) is 26.4 Å². The normalized spacial score (nSPS) is 12.2. The molecular formula is C12H15BrO3. The molecule has 4 heteroatoms. The van der Waals surface area contributed by atoms with Crippen LogP contribution in [-0.2, 0) is 4.79 Å². The number of ketones is 1. The molecule has 0 radical (unpaired) electrons. The maximum absolute atomic E-state index is 11.0. The minimum atomic E-state index is -0.809. The Labute approximate surface area is 104 Å². The topological polar surface area (TPSA) is 46.5 Å². The van der Waals surface area contributed by atoms with Crippen molar-refractivity contribution < 1.29 is 14.6 Å². The molecule has 0 bridgehead atoms. The van der Waals surface area contributed by atoms with E-state index in [1.165, 1.54) is 6.92 Å². The molecule has 0 saturated heterocycles. The fourth-order valence-corrected chi connectivity index (χ4v) is 1.83. The lowest BCUT2D eigenvalue weighted by molar-refractivity contribution is -0.118. The fourth-order valence-electron chi connectivity index (χ4n) is 1.45. The quantitative estimate of drug-likeness (QED) is 0.905. The number of rotatable bonds is 5. The van der Waals surface area contributed by atoms with E-state index in [9.17, 15) is 9.90 Å². The first-order valence-corrected chi connectivity index (χ1v) is 5.93. The van der Waals surface area contributed by atoms with Crippen molar-refractivity contribution in [2.24, 2.45) is 0 Å². The van der Waals surface area contributed by atoms with Crippen molar-refractivity contribution in [1.82, 2.24) is 0 Å². The van der Waals surface area contributed by atoms with E-state index in [4.69, 9.17) is 4.74 Å². The maximum atomic E-state index is 11.0. The van der Waals surface area contributed by atoms with Gasteiger partial charge in [-0.05, 0) is 32.0 Å². The van der Waals surface area contributed by atoms with Crippen molar-refractivity contribution in [2.75, 3.05) is 6.61 Å². The molecule has 0 amide bonds. The standard InChI is InChI=1S/C12H15BrO3/c1-3-16-12-5-4-9(13)7-10(12)11(15)6-8(2)14/h4-5,7,11,15H,3,6H2,1-2H3/t11-/m1/s1. The SMILES string of the molecule is CCOc1ccc(Br)cc1[C@H](O)CC(C)=O. The molecule has 0 spiro atoms. The average Bonchev–Trinajstić information content (AvgIpc) is 2.20. The van der Waals surface area contributed by atoms with Gasteiger partial charge in [0.2, 0.25) is 0 Å². The summed E-state index contributed by atoms with van der Waals surface area (Å²) in [5.74, 6) is 0.578. The molecule has 88 valence electrons. The second-order valence-electron chi connectivity index (χ2n) is 3.54. The summed E-state index contributed by atoms with van der Waals surface area (Å²) in [5.41, 5.74) is 0.645. The van der Waals surface area contributed by atoms with Crippen LogP contribution in [0.3, 0.4) is 0 Å². The molecule has 1 rings (SSSR count). The molecule has 0 saturated carbocycles. The van der Waals surface area contributed by atoms with Crippen molar-refractivity contribution >= 4 is 21.7 Å². The van der Waals surface area contributed by atoms with Crippen molar-refractivity contribution in [3.8, 4) is 5.75 Å². The van der Waals surface area contributed by atoms with Gasteiger partial charge >= 0.3 is 0 Å². The highest BCUT2D eigenvalue weighted by Crippen LogP contribution is 2.30. The van der Waals surface area contributed by atoms with E-state index in [0.717, 1.165) is 4.47 Å². The predicted octanol–water partition coefficient (Wildman–Crippen LogP) is 2.86. The molecule has 1 aromatic carbocycles. The van der Waals surface area contributed by atoms with E-state index in [2.05, 4.69) is 15.9 Å². The van der Waals surface area contributed by atoms with Gasteiger partial charge in [0.25, 0.3) is 0 Å². The number of ether oxygens (including phenoxy) is 1. The van der Waals surface area contributed by atoms with E-state index in [1.54, 1.807) is 12.1 Å². The summed E-state index contributed by atoms with van der Waals surface area (Å²) in [7, 11) is 0. The molecule has 0 heterocycles. The fraction of sp³-hybridized carbons (Fsp3) is 0.417. The zero-order chi connectivity index (χ0) is 12.1. The van der Waals surface area contributed by atoms with Gasteiger partial charge in [0, 0.05) is 16.5 Å². The summed E-state index contributed by atoms with van der Waals surface area (Å²) in [6.45, 7) is 3.87. The van der Waals surface area contributed by atoms with Crippen LogP contribution in [0, 0.1) is 0 Å². The highest BCUT2D eigenvalue weighted by molar-refractivity contribution is 9.10. The number of aliphatic hydroxyl groups is 1. The van der Waals surface area contributed by atoms with Gasteiger partial charge in [-0.1, -0.05) is 15.9 Å². The molecule has 0 fully saturated rings. The van der Waals surface area contributed by atoms with E-state index in [1.807, 2.05) is 13.0 Å². The largest absolute Gasteiger partial charge is 0.493 e. The first-order valence-electron chi connectivity index (χ1n) is 5.14. The van der Waals surface area contributed by atoms with Crippen LogP contribution in [0.5, 0.6) is 5.75 Å². The van der Waals surface area contributed by atoms with Crippen LogP contribution in [-0.4, -0.2) is 17.5 Å². The van der Waals surface area contributed by atoms with Crippen LogP contribution >= 0.6 is 15.9 Å². The number of Topliss-reactive ketones (excluding diaryl/α,β-unsaturated/α-hetero) is 1. The van der Waals surface area contributed by atoms with Crippen molar-refractivity contribution in [3.05, 3.63) is 28.2 Å². The van der Waals surface area contributed by atoms with Gasteiger partial charge in [-0.25, -0.2) is 0 Å². The van der Waals surface area contributed by atoms with Crippen molar-refractivity contribution in [3.63, 3.8) is 0 Å². The molecule has 0 unspecified atom stereocenters. The summed E-state index contributed by atoms with van der Waals surface area (Å²) >= 11 is 3.33. The lowest BCUT2D eigenvalue weighted by Gasteiger charge is -2.15. The van der Waals surface area contributed by atoms with Crippen LogP contribution in [0.25, 0.3) is 0 Å². The predicted molar refractivity (Wildman–Crippen MR) is 65.6 cm³/mol. The molecule has 3 nitrogen and oxygen atoms in total. The number of hydrogen-bond donors (Lipinski definition) is 1. The molecule has 1 N–H and O–H groups in total. The molecule has 0 aromatic heterocycles. The number of carbonyl (C=O) groups is 1. The second-order valence-corrected chi connectivity index (χ2v) is 4.45. The summed E-state index contributed by atoms with van der Waals surface area (Å²) < 4.78 is 6.26. The summed E-state index contributed by atoms with van der Waals surface area (Å²) in [4.78, 5) is 11.0. The summed E-state index contributed by atoms with van der Waals surface area (Å²) in [5, 5.41) is 9.90. The number of benzene rings is 1. The Morgan fingerprint density at radius 2 is 2.25 bits per heavy atom. The number of hydrogen-bond acceptors (Lipinski definition) is 3. The first kappa shape index (κ1) is 13.2. The van der Waals surface area contributed by atoms with Gasteiger partial charge in [0.15, 0.2) is 0 Å². The Kier molecular flexibility index (Phi) is 4.96. The van der Waals surface area contributed by atoms with E-state index in [-0.39, 0.29) is 12.2 Å². The smallest absolute Gasteiger partial charge is 0.132 e. The molecule has 1 aromatic rings. The van der Waals surface area contributed by atoms with Gasteiger partial charge in [-0.3, -0.25) is 4.79 Å². The maximum Gasteiger partial charge on any atom is 0.132 e. The monoisotopic (exact) mass is 286 g/mol. The summed E-state index contributed by atoms with van der Waals surface area (Å²) in [6, 6.07) is 5.40. The van der Waals surface area contributed by atoms with Gasteiger partial charge < -0.3 is 9.84 Å². The zero-order valence-corrected chi connectivity index (χ0v) is 11.0. The second kappa shape index (κ2) is 6.01. The van der Waals surface area contributed by atoms with Crippen LogP contribution in [0.1, 0.15) is 31.9 Å². The lowest BCUT2D eigenvalue weighted by atomic mass is 10.0. The number of halogens is 1. The Morgan fingerprint density at radius 1 is 1.56 bits per heavy atom. The highest BCUT2D eigenvalue weighted by Gasteiger charge is 2.15. The van der Waals surface area contributed by atoms with E-state index >= 15 is 0 Å². The molecule has 0 aliphatic heterocycles. The van der Waals surface area contributed by atoms with Crippen LogP contribution in [0.4, 0.5) is 0 Å². The molecular weight excluding hydrogens is 272 g/mol. The minimum Gasteiger partial charge on any atom is -0.493 e. The van der Waals surface area contributed by atoms with E-state index in [0.29, 0.717) is 17.9 Å².